The van der Waals surface area contributed by atoms with Gasteiger partial charge in [-0.25, -0.2) is 8.78 Å². The highest BCUT2D eigenvalue weighted by Crippen LogP contribution is 2.25. The van der Waals surface area contributed by atoms with Crippen molar-refractivity contribution in [2.45, 2.75) is 0 Å². The van der Waals surface area contributed by atoms with Crippen LogP contribution in [-0.4, -0.2) is 27.2 Å². The molecule has 0 unspecified atom stereocenters. The highest BCUT2D eigenvalue weighted by atomic mass is 19.1. The fourth-order valence-corrected chi connectivity index (χ4v) is 1.76. The van der Waals surface area contributed by atoms with Crippen LogP contribution in [0.25, 0.3) is 11.0 Å². The number of aromatic nitrogens is 4. The zero-order chi connectivity index (χ0) is 14.1. The Balaban J connectivity index is 2.07. The number of anilines is 3. The Morgan fingerprint density at radius 3 is 2.80 bits per heavy atom. The van der Waals surface area contributed by atoms with E-state index < -0.39 is 11.6 Å². The predicted molar refractivity (Wildman–Crippen MR) is 70.9 cm³/mol. The second-order valence-corrected chi connectivity index (χ2v) is 4.03. The molecular weight excluding hydrogens is 266 g/mol. The van der Waals surface area contributed by atoms with E-state index in [0.29, 0.717) is 22.8 Å². The van der Waals surface area contributed by atoms with Crippen LogP contribution in [0.1, 0.15) is 0 Å². The van der Waals surface area contributed by atoms with Gasteiger partial charge in [-0.15, -0.1) is 0 Å². The maximum absolute atomic E-state index is 13.7. The van der Waals surface area contributed by atoms with Crippen molar-refractivity contribution in [3.63, 3.8) is 0 Å². The van der Waals surface area contributed by atoms with Crippen molar-refractivity contribution in [1.29, 1.82) is 0 Å². The van der Waals surface area contributed by atoms with Gasteiger partial charge in [-0.3, -0.25) is 5.10 Å². The second kappa shape index (κ2) is 4.72. The van der Waals surface area contributed by atoms with E-state index in [1.165, 1.54) is 12.3 Å². The van der Waals surface area contributed by atoms with Crippen LogP contribution in [0.4, 0.5) is 26.2 Å². The van der Waals surface area contributed by atoms with Crippen molar-refractivity contribution >= 4 is 28.5 Å². The van der Waals surface area contributed by atoms with Gasteiger partial charge in [0.25, 0.3) is 0 Å². The molecule has 1 aromatic carbocycles. The zero-order valence-corrected chi connectivity index (χ0v) is 10.4. The molecular formula is C12H10F2N6. The van der Waals surface area contributed by atoms with Crippen LogP contribution in [-0.2, 0) is 0 Å². The number of halogens is 2. The molecule has 0 saturated heterocycles. The smallest absolute Gasteiger partial charge is 0.226 e. The molecule has 0 aliphatic heterocycles. The molecule has 0 radical (unpaired) electrons. The first-order valence-electron chi connectivity index (χ1n) is 5.78. The van der Waals surface area contributed by atoms with Gasteiger partial charge in [0.15, 0.2) is 5.65 Å². The molecule has 0 spiro atoms. The summed E-state index contributed by atoms with van der Waals surface area (Å²) in [5.41, 5.74) is 0.629. The normalized spacial score (nSPS) is 10.8. The summed E-state index contributed by atoms with van der Waals surface area (Å²) >= 11 is 0. The van der Waals surface area contributed by atoms with Crippen LogP contribution in [0.2, 0.25) is 0 Å². The van der Waals surface area contributed by atoms with Crippen molar-refractivity contribution in [1.82, 2.24) is 20.2 Å². The third-order valence-corrected chi connectivity index (χ3v) is 2.72. The van der Waals surface area contributed by atoms with Crippen LogP contribution in [0.15, 0.2) is 24.4 Å². The van der Waals surface area contributed by atoms with E-state index >= 15 is 0 Å². The molecule has 20 heavy (non-hydrogen) atoms. The number of benzene rings is 1. The molecule has 3 rings (SSSR count). The summed E-state index contributed by atoms with van der Waals surface area (Å²) in [5.74, 6) is -0.614. The van der Waals surface area contributed by atoms with Gasteiger partial charge in [-0.05, 0) is 12.1 Å². The maximum atomic E-state index is 13.7. The van der Waals surface area contributed by atoms with Crippen LogP contribution in [0, 0.1) is 11.6 Å². The first-order chi connectivity index (χ1) is 9.67. The fraction of sp³-hybridized carbons (Fsp3) is 0.0833. The van der Waals surface area contributed by atoms with Crippen LogP contribution in [0.5, 0.6) is 0 Å². The van der Waals surface area contributed by atoms with Crippen LogP contribution in [0.3, 0.4) is 0 Å². The molecule has 3 aromatic rings. The summed E-state index contributed by atoms with van der Waals surface area (Å²) < 4.78 is 26.5. The first kappa shape index (κ1) is 12.3. The number of aromatic amines is 1. The van der Waals surface area contributed by atoms with E-state index in [9.17, 15) is 8.78 Å². The van der Waals surface area contributed by atoms with Gasteiger partial charge in [-0.2, -0.15) is 15.1 Å². The van der Waals surface area contributed by atoms with Crippen LogP contribution >= 0.6 is 0 Å². The fourth-order valence-electron chi connectivity index (χ4n) is 1.76. The van der Waals surface area contributed by atoms with Gasteiger partial charge in [0.1, 0.15) is 17.5 Å². The number of hydrogen-bond acceptors (Lipinski definition) is 5. The zero-order valence-electron chi connectivity index (χ0n) is 10.4. The van der Waals surface area contributed by atoms with Crippen molar-refractivity contribution in [3.05, 3.63) is 36.0 Å². The predicted octanol–water partition coefficient (Wildman–Crippen LogP) is 2.42. The maximum Gasteiger partial charge on any atom is 0.226 e. The number of rotatable bonds is 3. The summed E-state index contributed by atoms with van der Waals surface area (Å²) in [6, 6.07) is 3.27. The molecule has 0 fully saturated rings. The molecule has 8 heteroatoms. The lowest BCUT2D eigenvalue weighted by atomic mass is 10.3. The van der Waals surface area contributed by atoms with Crippen molar-refractivity contribution in [2.24, 2.45) is 0 Å². The Morgan fingerprint density at radius 1 is 1.20 bits per heavy atom. The molecule has 0 aliphatic rings. The topological polar surface area (TPSA) is 78.5 Å². The van der Waals surface area contributed by atoms with Crippen molar-refractivity contribution < 1.29 is 8.78 Å². The summed E-state index contributed by atoms with van der Waals surface area (Å²) in [7, 11) is 1.67. The highest BCUT2D eigenvalue weighted by molar-refractivity contribution is 5.89. The molecule has 3 N–H and O–H groups in total. The van der Waals surface area contributed by atoms with Gasteiger partial charge < -0.3 is 10.6 Å². The van der Waals surface area contributed by atoms with Gasteiger partial charge in [0.2, 0.25) is 5.95 Å². The number of H-pyrrole nitrogens is 1. The lowest BCUT2D eigenvalue weighted by molar-refractivity contribution is 0.586. The highest BCUT2D eigenvalue weighted by Gasteiger charge is 2.11. The van der Waals surface area contributed by atoms with Gasteiger partial charge in [0, 0.05) is 13.1 Å². The largest absolute Gasteiger partial charge is 0.357 e. The molecule has 102 valence electrons. The lowest BCUT2D eigenvalue weighted by Gasteiger charge is -2.09. The Labute approximate surface area is 112 Å². The van der Waals surface area contributed by atoms with E-state index in [1.807, 2.05) is 0 Å². The monoisotopic (exact) mass is 276 g/mol. The summed E-state index contributed by atoms with van der Waals surface area (Å²) in [5, 5.41) is 12.8. The minimum absolute atomic E-state index is 0.120. The summed E-state index contributed by atoms with van der Waals surface area (Å²) in [6.45, 7) is 0. The Hall–Kier alpha value is -2.77. The Morgan fingerprint density at radius 2 is 2.05 bits per heavy atom. The Kier molecular flexibility index (Phi) is 2.90. The third-order valence-electron chi connectivity index (χ3n) is 2.72. The Bertz CT molecular complexity index is 770. The van der Waals surface area contributed by atoms with E-state index in [4.69, 9.17) is 0 Å². The molecule has 2 aromatic heterocycles. The molecule has 2 heterocycles. The number of nitrogens with zero attached hydrogens (tertiary/aromatic N) is 3. The SMILES string of the molecule is CNc1nc(Nc2ccc(F)cc2F)c2cn[nH]c2n1. The molecule has 6 nitrogen and oxygen atoms in total. The second-order valence-electron chi connectivity index (χ2n) is 4.03. The van der Waals surface area contributed by atoms with E-state index in [1.54, 1.807) is 7.05 Å². The van der Waals surface area contributed by atoms with E-state index in [0.717, 1.165) is 12.1 Å². The van der Waals surface area contributed by atoms with Crippen molar-refractivity contribution in [2.75, 3.05) is 17.7 Å². The van der Waals surface area contributed by atoms with Gasteiger partial charge in [0.05, 0.1) is 17.3 Å². The van der Waals surface area contributed by atoms with Gasteiger partial charge >= 0.3 is 0 Å². The minimum Gasteiger partial charge on any atom is -0.357 e. The third kappa shape index (κ3) is 2.11. The molecule has 0 aliphatic carbocycles. The first-order valence-corrected chi connectivity index (χ1v) is 5.78. The summed E-state index contributed by atoms with van der Waals surface area (Å²) in [6.07, 6.45) is 1.53. The molecule has 0 bridgehead atoms. The van der Waals surface area contributed by atoms with E-state index in [-0.39, 0.29) is 5.69 Å². The molecule has 0 atom stereocenters. The number of hydrogen-bond donors (Lipinski definition) is 3. The average Bonchev–Trinajstić information content (AvgIpc) is 2.90. The summed E-state index contributed by atoms with van der Waals surface area (Å²) in [4.78, 5) is 8.36. The molecule has 0 amide bonds. The van der Waals surface area contributed by atoms with E-state index in [2.05, 4.69) is 30.8 Å². The average molecular weight is 276 g/mol. The number of fused-ring (bicyclic) bond motifs is 1. The van der Waals surface area contributed by atoms with Crippen molar-refractivity contribution in [3.8, 4) is 0 Å². The standard InChI is InChI=1S/C12H10F2N6/c1-15-12-18-10(7-5-16-20-11(7)19-12)17-9-3-2-6(13)4-8(9)14/h2-5H,1H3,(H3,15,16,17,18,19,20). The molecule has 0 saturated carbocycles. The van der Waals surface area contributed by atoms with Gasteiger partial charge in [-0.1, -0.05) is 0 Å². The lowest BCUT2D eigenvalue weighted by Crippen LogP contribution is -2.02. The quantitative estimate of drug-likeness (QED) is 0.684. The minimum atomic E-state index is -0.703. The van der Waals surface area contributed by atoms with Crippen LogP contribution < -0.4 is 10.6 Å². The number of nitrogens with one attached hydrogen (secondary N) is 3.